The molecule has 24 heavy (non-hydrogen) atoms. The molecule has 0 saturated carbocycles. The molecule has 4 aromatic rings. The summed E-state index contributed by atoms with van der Waals surface area (Å²) in [7, 11) is 3.40. The second-order valence-electron chi connectivity index (χ2n) is 5.79. The van der Waals surface area contributed by atoms with Gasteiger partial charge >= 0.3 is 0 Å². The van der Waals surface area contributed by atoms with Crippen LogP contribution in [-0.4, -0.2) is 14.2 Å². The first kappa shape index (κ1) is 14.6. The quantitative estimate of drug-likeness (QED) is 0.484. The second-order valence-corrected chi connectivity index (χ2v) is 5.79. The van der Waals surface area contributed by atoms with Crippen LogP contribution in [0, 0.1) is 0 Å². The zero-order chi connectivity index (χ0) is 16.5. The fourth-order valence-electron chi connectivity index (χ4n) is 3.24. The third kappa shape index (κ3) is 2.37. The lowest BCUT2D eigenvalue weighted by molar-refractivity contribution is 0.414. The first-order valence-corrected chi connectivity index (χ1v) is 7.94. The van der Waals surface area contributed by atoms with E-state index in [4.69, 9.17) is 9.47 Å². The summed E-state index contributed by atoms with van der Waals surface area (Å²) in [6, 6.07) is 25.2. The molecule has 0 bridgehead atoms. The Kier molecular flexibility index (Phi) is 3.58. The number of benzene rings is 4. The lowest BCUT2D eigenvalue weighted by Gasteiger charge is -2.13. The van der Waals surface area contributed by atoms with Crippen molar-refractivity contribution in [2.24, 2.45) is 0 Å². The molecule has 0 aromatic heterocycles. The van der Waals surface area contributed by atoms with E-state index in [1.165, 1.54) is 16.3 Å². The summed E-state index contributed by atoms with van der Waals surface area (Å²) >= 11 is 0. The van der Waals surface area contributed by atoms with E-state index < -0.39 is 0 Å². The van der Waals surface area contributed by atoms with Gasteiger partial charge in [0.15, 0.2) is 0 Å². The lowest BCUT2D eigenvalue weighted by atomic mass is 9.93. The number of methoxy groups -OCH3 is 2. The van der Waals surface area contributed by atoms with Crippen LogP contribution in [0.4, 0.5) is 0 Å². The van der Waals surface area contributed by atoms with Crippen molar-refractivity contribution >= 4 is 21.5 Å². The molecule has 0 unspecified atom stereocenters. The predicted molar refractivity (Wildman–Crippen MR) is 100.0 cm³/mol. The van der Waals surface area contributed by atoms with Crippen LogP contribution >= 0.6 is 0 Å². The van der Waals surface area contributed by atoms with Gasteiger partial charge in [0.05, 0.1) is 14.2 Å². The Balaban J connectivity index is 2.10. The van der Waals surface area contributed by atoms with Gasteiger partial charge in [0, 0.05) is 0 Å². The summed E-state index contributed by atoms with van der Waals surface area (Å²) in [5.74, 6) is 1.71. The summed E-state index contributed by atoms with van der Waals surface area (Å²) in [5, 5.41) is 4.76. The molecule has 0 heterocycles. The third-order valence-corrected chi connectivity index (χ3v) is 4.45. The fraction of sp³-hybridized carbons (Fsp3) is 0.0909. The number of ether oxygens (including phenoxy) is 2. The zero-order valence-corrected chi connectivity index (χ0v) is 13.7. The predicted octanol–water partition coefficient (Wildman–Crippen LogP) is 5.68. The van der Waals surface area contributed by atoms with E-state index in [0.29, 0.717) is 0 Å². The van der Waals surface area contributed by atoms with Crippen LogP contribution in [0.15, 0.2) is 72.8 Å². The molecule has 0 radical (unpaired) electrons. The topological polar surface area (TPSA) is 18.5 Å². The normalized spacial score (nSPS) is 10.9. The summed E-state index contributed by atoms with van der Waals surface area (Å²) in [5.41, 5.74) is 2.35. The third-order valence-electron chi connectivity index (χ3n) is 4.45. The highest BCUT2D eigenvalue weighted by molar-refractivity contribution is 6.06. The van der Waals surface area contributed by atoms with Gasteiger partial charge in [0.1, 0.15) is 11.5 Å². The Morgan fingerprint density at radius 1 is 0.542 bits per heavy atom. The van der Waals surface area contributed by atoms with Gasteiger partial charge in [-0.2, -0.15) is 0 Å². The number of rotatable bonds is 3. The van der Waals surface area contributed by atoms with Gasteiger partial charge in [-0.1, -0.05) is 48.5 Å². The van der Waals surface area contributed by atoms with Gasteiger partial charge in [-0.15, -0.1) is 0 Å². The molecule has 0 saturated heterocycles. The van der Waals surface area contributed by atoms with Crippen LogP contribution < -0.4 is 9.47 Å². The molecule has 4 rings (SSSR count). The summed E-state index contributed by atoms with van der Waals surface area (Å²) in [6.45, 7) is 0. The van der Waals surface area contributed by atoms with Crippen molar-refractivity contribution < 1.29 is 9.47 Å². The Bertz CT molecular complexity index is 1030. The van der Waals surface area contributed by atoms with Crippen molar-refractivity contribution in [2.45, 2.75) is 0 Å². The number of hydrogen-bond acceptors (Lipinski definition) is 2. The molecule has 0 aliphatic heterocycles. The minimum atomic E-state index is 0.856. The molecular formula is C22H18O2. The summed E-state index contributed by atoms with van der Waals surface area (Å²) in [6.07, 6.45) is 0. The van der Waals surface area contributed by atoms with Crippen molar-refractivity contribution in [1.29, 1.82) is 0 Å². The van der Waals surface area contributed by atoms with Gasteiger partial charge in [-0.3, -0.25) is 0 Å². The largest absolute Gasteiger partial charge is 0.497 e. The molecular weight excluding hydrogens is 296 g/mol. The smallest absolute Gasteiger partial charge is 0.120 e. The molecule has 4 aromatic carbocycles. The van der Waals surface area contributed by atoms with E-state index in [-0.39, 0.29) is 0 Å². The molecule has 0 aliphatic carbocycles. The fourth-order valence-corrected chi connectivity index (χ4v) is 3.24. The maximum absolute atomic E-state index is 5.52. The molecule has 0 aliphatic rings. The summed E-state index contributed by atoms with van der Waals surface area (Å²) in [4.78, 5) is 0. The Morgan fingerprint density at radius 3 is 2.17 bits per heavy atom. The first-order valence-electron chi connectivity index (χ1n) is 7.94. The minimum Gasteiger partial charge on any atom is -0.497 e. The molecule has 2 heteroatoms. The average molecular weight is 314 g/mol. The van der Waals surface area contributed by atoms with E-state index in [1.54, 1.807) is 14.2 Å². The number of hydrogen-bond donors (Lipinski definition) is 0. The Labute approximate surface area is 141 Å². The lowest BCUT2D eigenvalue weighted by Crippen LogP contribution is -1.89. The SMILES string of the molecule is COc1cc(-c2cccc3ccccc23)c2cc(OC)ccc2c1. The van der Waals surface area contributed by atoms with E-state index >= 15 is 0 Å². The zero-order valence-electron chi connectivity index (χ0n) is 13.7. The first-order chi connectivity index (χ1) is 11.8. The molecule has 118 valence electrons. The highest BCUT2D eigenvalue weighted by Gasteiger charge is 2.11. The van der Waals surface area contributed by atoms with Crippen LogP contribution in [0.25, 0.3) is 32.7 Å². The Hall–Kier alpha value is -3.00. The van der Waals surface area contributed by atoms with E-state index in [2.05, 4.69) is 66.7 Å². The van der Waals surface area contributed by atoms with E-state index in [1.807, 2.05) is 6.07 Å². The molecule has 2 nitrogen and oxygen atoms in total. The van der Waals surface area contributed by atoms with Gasteiger partial charge in [0.2, 0.25) is 0 Å². The number of fused-ring (bicyclic) bond motifs is 2. The van der Waals surface area contributed by atoms with Gasteiger partial charge < -0.3 is 9.47 Å². The summed E-state index contributed by atoms with van der Waals surface area (Å²) < 4.78 is 10.9. The van der Waals surface area contributed by atoms with Crippen LogP contribution in [-0.2, 0) is 0 Å². The van der Waals surface area contributed by atoms with Crippen molar-refractivity contribution in [1.82, 2.24) is 0 Å². The van der Waals surface area contributed by atoms with Gasteiger partial charge in [0.25, 0.3) is 0 Å². The van der Waals surface area contributed by atoms with Gasteiger partial charge in [-0.05, 0) is 56.9 Å². The monoisotopic (exact) mass is 314 g/mol. The highest BCUT2D eigenvalue weighted by atomic mass is 16.5. The maximum atomic E-state index is 5.52. The average Bonchev–Trinajstić information content (AvgIpc) is 2.66. The highest BCUT2D eigenvalue weighted by Crippen LogP contribution is 2.38. The molecule has 0 N–H and O–H groups in total. The van der Waals surface area contributed by atoms with Crippen LogP contribution in [0.3, 0.4) is 0 Å². The van der Waals surface area contributed by atoms with Gasteiger partial charge in [-0.25, -0.2) is 0 Å². The standard InChI is InChI=1S/C22H18O2/c1-23-17-11-10-16-12-18(24-2)14-22(21(16)13-17)20-9-5-7-15-6-3-4-8-19(15)20/h3-14H,1-2H3. The van der Waals surface area contributed by atoms with Crippen molar-refractivity contribution in [3.63, 3.8) is 0 Å². The maximum Gasteiger partial charge on any atom is 0.120 e. The van der Waals surface area contributed by atoms with Crippen molar-refractivity contribution in [3.8, 4) is 22.6 Å². The van der Waals surface area contributed by atoms with Crippen LogP contribution in [0.5, 0.6) is 11.5 Å². The Morgan fingerprint density at radius 2 is 1.33 bits per heavy atom. The molecule has 0 amide bonds. The van der Waals surface area contributed by atoms with E-state index in [9.17, 15) is 0 Å². The van der Waals surface area contributed by atoms with Crippen molar-refractivity contribution in [3.05, 3.63) is 72.8 Å². The minimum absolute atomic E-state index is 0.856. The molecule has 0 fully saturated rings. The molecule has 0 spiro atoms. The molecule has 0 atom stereocenters. The van der Waals surface area contributed by atoms with Crippen LogP contribution in [0.1, 0.15) is 0 Å². The van der Waals surface area contributed by atoms with Crippen molar-refractivity contribution in [2.75, 3.05) is 14.2 Å². The second kappa shape index (κ2) is 5.89. The van der Waals surface area contributed by atoms with Crippen LogP contribution in [0.2, 0.25) is 0 Å². The van der Waals surface area contributed by atoms with E-state index in [0.717, 1.165) is 27.8 Å².